The van der Waals surface area contributed by atoms with Crippen molar-refractivity contribution < 1.29 is 10.2 Å². The summed E-state index contributed by atoms with van der Waals surface area (Å²) in [6.07, 6.45) is 0.826. The molecule has 1 heterocycles. The Morgan fingerprint density at radius 1 is 1.18 bits per heavy atom. The highest BCUT2D eigenvalue weighted by atomic mass is 16.3. The molecule has 0 unspecified atom stereocenters. The van der Waals surface area contributed by atoms with Gasteiger partial charge in [-0.1, -0.05) is 0 Å². The van der Waals surface area contributed by atoms with Gasteiger partial charge in [0.05, 0.1) is 0 Å². The Labute approximate surface area is 102 Å². The number of nitrogens with zero attached hydrogens (tertiary/aromatic N) is 1. The number of hydrogen-bond acceptors (Lipinski definition) is 4. The molecule has 0 saturated carbocycles. The normalized spacial score (nSPS) is 17.2. The van der Waals surface area contributed by atoms with Crippen LogP contribution in [0.3, 0.4) is 0 Å². The highest BCUT2D eigenvalue weighted by molar-refractivity contribution is 5.44. The molecule has 1 aliphatic rings. The zero-order valence-corrected chi connectivity index (χ0v) is 10.2. The number of phenolic OH excluding ortho intramolecular Hbond substituents is 2. The maximum absolute atomic E-state index is 9.75. The van der Waals surface area contributed by atoms with Gasteiger partial charge in [-0.2, -0.15) is 0 Å². The number of phenols is 2. The van der Waals surface area contributed by atoms with Gasteiger partial charge in [0.2, 0.25) is 0 Å². The zero-order chi connectivity index (χ0) is 12.3. The molecule has 4 nitrogen and oxygen atoms in total. The molecule has 0 aliphatic carbocycles. The molecule has 1 saturated heterocycles. The van der Waals surface area contributed by atoms with E-state index in [4.69, 9.17) is 0 Å². The number of piperazine rings is 1. The standard InChI is InChI=1S/C13H20N2O2/c1-10-8-11(13(17)9-12(10)16)2-5-15-6-3-14-4-7-15/h8-9,14,16-17H,2-7H2,1H3. The van der Waals surface area contributed by atoms with Crippen LogP contribution in [0.15, 0.2) is 12.1 Å². The van der Waals surface area contributed by atoms with Crippen LogP contribution >= 0.6 is 0 Å². The molecule has 0 aromatic heterocycles. The highest BCUT2D eigenvalue weighted by Gasteiger charge is 2.11. The van der Waals surface area contributed by atoms with Gasteiger partial charge in [0.25, 0.3) is 0 Å². The third kappa shape index (κ3) is 3.11. The van der Waals surface area contributed by atoms with Crippen molar-refractivity contribution in [3.8, 4) is 11.5 Å². The second-order valence-corrected chi connectivity index (χ2v) is 4.61. The average Bonchev–Trinajstić information content (AvgIpc) is 2.33. The number of aryl methyl sites for hydroxylation is 1. The van der Waals surface area contributed by atoms with Gasteiger partial charge in [0.15, 0.2) is 0 Å². The zero-order valence-electron chi connectivity index (χ0n) is 10.2. The summed E-state index contributed by atoms with van der Waals surface area (Å²) in [4.78, 5) is 2.39. The van der Waals surface area contributed by atoms with E-state index in [0.717, 1.165) is 50.3 Å². The topological polar surface area (TPSA) is 55.7 Å². The van der Waals surface area contributed by atoms with E-state index in [-0.39, 0.29) is 11.5 Å². The second kappa shape index (κ2) is 5.38. The summed E-state index contributed by atoms with van der Waals surface area (Å²) in [6, 6.07) is 3.30. The summed E-state index contributed by atoms with van der Waals surface area (Å²) < 4.78 is 0. The fourth-order valence-corrected chi connectivity index (χ4v) is 2.16. The highest BCUT2D eigenvalue weighted by Crippen LogP contribution is 2.27. The van der Waals surface area contributed by atoms with Crippen molar-refractivity contribution in [2.75, 3.05) is 32.7 Å². The van der Waals surface area contributed by atoms with Crippen LogP contribution in [-0.2, 0) is 6.42 Å². The van der Waals surface area contributed by atoms with Crippen molar-refractivity contribution in [1.82, 2.24) is 10.2 Å². The van der Waals surface area contributed by atoms with Crippen LogP contribution in [0.25, 0.3) is 0 Å². The van der Waals surface area contributed by atoms with E-state index in [2.05, 4.69) is 10.2 Å². The van der Waals surface area contributed by atoms with Crippen LogP contribution in [0.5, 0.6) is 11.5 Å². The summed E-state index contributed by atoms with van der Waals surface area (Å²) in [7, 11) is 0. The monoisotopic (exact) mass is 236 g/mol. The number of benzene rings is 1. The first-order valence-corrected chi connectivity index (χ1v) is 6.11. The minimum Gasteiger partial charge on any atom is -0.508 e. The van der Waals surface area contributed by atoms with Gasteiger partial charge in [0.1, 0.15) is 11.5 Å². The van der Waals surface area contributed by atoms with Crippen LogP contribution in [0.4, 0.5) is 0 Å². The summed E-state index contributed by atoms with van der Waals surface area (Å²) in [5.74, 6) is 0.358. The van der Waals surface area contributed by atoms with Gasteiger partial charge >= 0.3 is 0 Å². The quantitative estimate of drug-likeness (QED) is 0.728. The van der Waals surface area contributed by atoms with Crippen molar-refractivity contribution in [1.29, 1.82) is 0 Å². The van der Waals surface area contributed by atoms with E-state index in [9.17, 15) is 10.2 Å². The van der Waals surface area contributed by atoms with Crippen LogP contribution in [0, 0.1) is 6.92 Å². The molecule has 94 valence electrons. The summed E-state index contributed by atoms with van der Waals surface area (Å²) in [6.45, 7) is 7.03. The number of nitrogens with one attached hydrogen (secondary N) is 1. The lowest BCUT2D eigenvalue weighted by Crippen LogP contribution is -2.44. The lowest BCUT2D eigenvalue weighted by molar-refractivity contribution is 0.243. The Morgan fingerprint density at radius 2 is 1.88 bits per heavy atom. The smallest absolute Gasteiger partial charge is 0.122 e. The van der Waals surface area contributed by atoms with E-state index in [1.54, 1.807) is 0 Å². The van der Waals surface area contributed by atoms with Crippen LogP contribution in [0.1, 0.15) is 11.1 Å². The Morgan fingerprint density at radius 3 is 2.59 bits per heavy atom. The summed E-state index contributed by atoms with van der Waals surface area (Å²) in [5, 5.41) is 22.5. The summed E-state index contributed by atoms with van der Waals surface area (Å²) >= 11 is 0. The molecular weight excluding hydrogens is 216 g/mol. The molecule has 1 aliphatic heterocycles. The third-order valence-electron chi connectivity index (χ3n) is 3.30. The maximum Gasteiger partial charge on any atom is 0.122 e. The van der Waals surface area contributed by atoms with E-state index < -0.39 is 0 Å². The predicted molar refractivity (Wildman–Crippen MR) is 67.5 cm³/mol. The van der Waals surface area contributed by atoms with Gasteiger partial charge in [-0.3, -0.25) is 0 Å². The molecule has 1 fully saturated rings. The van der Waals surface area contributed by atoms with Gasteiger partial charge < -0.3 is 20.4 Å². The van der Waals surface area contributed by atoms with Crippen molar-refractivity contribution >= 4 is 0 Å². The van der Waals surface area contributed by atoms with Crippen molar-refractivity contribution in [3.63, 3.8) is 0 Å². The SMILES string of the molecule is Cc1cc(CCN2CCNCC2)c(O)cc1O. The van der Waals surface area contributed by atoms with E-state index in [1.807, 2.05) is 13.0 Å². The summed E-state index contributed by atoms with van der Waals surface area (Å²) in [5.41, 5.74) is 1.73. The predicted octanol–water partition coefficient (Wildman–Crippen LogP) is 0.854. The third-order valence-corrected chi connectivity index (χ3v) is 3.30. The molecular formula is C13H20N2O2. The van der Waals surface area contributed by atoms with E-state index in [0.29, 0.717) is 0 Å². The lowest BCUT2D eigenvalue weighted by Gasteiger charge is -2.27. The number of rotatable bonds is 3. The Balaban J connectivity index is 1.96. The first-order chi connectivity index (χ1) is 8.16. The Hall–Kier alpha value is -1.26. The first kappa shape index (κ1) is 12.2. The molecule has 0 amide bonds. The van der Waals surface area contributed by atoms with Gasteiger partial charge in [-0.05, 0) is 30.5 Å². The number of aromatic hydroxyl groups is 2. The Bertz CT molecular complexity index is 387. The van der Waals surface area contributed by atoms with Crippen LogP contribution < -0.4 is 5.32 Å². The average molecular weight is 236 g/mol. The van der Waals surface area contributed by atoms with Crippen molar-refractivity contribution in [3.05, 3.63) is 23.3 Å². The fourth-order valence-electron chi connectivity index (χ4n) is 2.16. The second-order valence-electron chi connectivity index (χ2n) is 4.61. The number of hydrogen-bond donors (Lipinski definition) is 3. The van der Waals surface area contributed by atoms with Gasteiger partial charge in [0, 0.05) is 38.8 Å². The van der Waals surface area contributed by atoms with Crippen molar-refractivity contribution in [2.24, 2.45) is 0 Å². The fraction of sp³-hybridized carbons (Fsp3) is 0.538. The molecule has 0 bridgehead atoms. The molecule has 0 radical (unpaired) electrons. The van der Waals surface area contributed by atoms with E-state index >= 15 is 0 Å². The molecule has 3 N–H and O–H groups in total. The molecule has 0 atom stereocenters. The van der Waals surface area contributed by atoms with Crippen LogP contribution in [0.2, 0.25) is 0 Å². The van der Waals surface area contributed by atoms with Gasteiger partial charge in [-0.15, -0.1) is 0 Å². The van der Waals surface area contributed by atoms with Crippen molar-refractivity contribution in [2.45, 2.75) is 13.3 Å². The molecule has 2 rings (SSSR count). The molecule has 1 aromatic carbocycles. The van der Waals surface area contributed by atoms with Gasteiger partial charge in [-0.25, -0.2) is 0 Å². The minimum absolute atomic E-state index is 0.161. The Kier molecular flexibility index (Phi) is 3.86. The largest absolute Gasteiger partial charge is 0.508 e. The lowest BCUT2D eigenvalue weighted by atomic mass is 10.1. The molecule has 0 spiro atoms. The molecule has 17 heavy (non-hydrogen) atoms. The maximum atomic E-state index is 9.75. The molecule has 4 heteroatoms. The first-order valence-electron chi connectivity index (χ1n) is 6.11. The molecule has 1 aromatic rings. The van der Waals surface area contributed by atoms with Crippen LogP contribution in [-0.4, -0.2) is 47.8 Å². The van der Waals surface area contributed by atoms with E-state index in [1.165, 1.54) is 6.07 Å². The minimum atomic E-state index is 0.161.